The lowest BCUT2D eigenvalue weighted by Gasteiger charge is -2.37. The minimum atomic E-state index is -0.355. The molecule has 21 heavy (non-hydrogen) atoms. The molecule has 0 radical (unpaired) electrons. The molecule has 1 fully saturated rings. The van der Waals surface area contributed by atoms with E-state index in [1.54, 1.807) is 6.26 Å². The summed E-state index contributed by atoms with van der Waals surface area (Å²) in [6.45, 7) is 11.6. The predicted octanol–water partition coefficient (Wildman–Crippen LogP) is 1.75. The van der Waals surface area contributed by atoms with Crippen molar-refractivity contribution < 1.29 is 14.3 Å². The van der Waals surface area contributed by atoms with Gasteiger partial charge in [-0.1, -0.05) is 20.8 Å². The normalized spacial score (nSPS) is 18.8. The monoisotopic (exact) mass is 294 g/mol. The largest absolute Gasteiger partial charge is 0.459 e. The SMILES string of the molecule is Cc1ccoc1C(=O)N1CCN(CC(O)C(C)(C)C)CC1. The first-order valence-electron chi connectivity index (χ1n) is 7.53. The molecule has 5 heteroatoms. The highest BCUT2D eigenvalue weighted by molar-refractivity contribution is 5.92. The number of hydrogen-bond donors (Lipinski definition) is 1. The van der Waals surface area contributed by atoms with Gasteiger partial charge in [0.05, 0.1) is 12.4 Å². The lowest BCUT2D eigenvalue weighted by atomic mass is 9.89. The minimum absolute atomic E-state index is 0.0338. The summed E-state index contributed by atoms with van der Waals surface area (Å²) in [5, 5.41) is 10.2. The minimum Gasteiger partial charge on any atom is -0.459 e. The molecule has 2 heterocycles. The van der Waals surface area contributed by atoms with E-state index in [1.165, 1.54) is 0 Å². The third-order valence-corrected chi connectivity index (χ3v) is 4.15. The third kappa shape index (κ3) is 3.86. The quantitative estimate of drug-likeness (QED) is 0.923. The van der Waals surface area contributed by atoms with Crippen molar-refractivity contribution >= 4 is 5.91 Å². The van der Waals surface area contributed by atoms with E-state index in [-0.39, 0.29) is 17.4 Å². The van der Waals surface area contributed by atoms with Gasteiger partial charge >= 0.3 is 0 Å². The molecule has 0 saturated carbocycles. The summed E-state index contributed by atoms with van der Waals surface area (Å²) in [5.41, 5.74) is 0.767. The molecule has 0 aromatic carbocycles. The average Bonchev–Trinajstić information content (AvgIpc) is 2.84. The Morgan fingerprint density at radius 1 is 1.33 bits per heavy atom. The summed E-state index contributed by atoms with van der Waals surface area (Å²) < 4.78 is 5.27. The molecule has 1 aliphatic rings. The Hall–Kier alpha value is -1.33. The molecule has 1 unspecified atom stereocenters. The molecular formula is C16H26N2O3. The Labute approximate surface area is 126 Å². The molecule has 1 aromatic rings. The molecule has 1 aromatic heterocycles. The molecule has 1 aliphatic heterocycles. The number of aliphatic hydroxyl groups is 1. The smallest absolute Gasteiger partial charge is 0.289 e. The fourth-order valence-electron chi connectivity index (χ4n) is 2.39. The van der Waals surface area contributed by atoms with Gasteiger partial charge in [-0.05, 0) is 18.4 Å². The molecular weight excluding hydrogens is 268 g/mol. The van der Waals surface area contributed by atoms with Crippen LogP contribution in [0, 0.1) is 12.3 Å². The highest BCUT2D eigenvalue weighted by Gasteiger charge is 2.28. The van der Waals surface area contributed by atoms with Crippen molar-refractivity contribution in [3.63, 3.8) is 0 Å². The van der Waals surface area contributed by atoms with E-state index >= 15 is 0 Å². The Bertz CT molecular complexity index is 482. The summed E-state index contributed by atoms with van der Waals surface area (Å²) in [6.07, 6.45) is 1.20. The second-order valence-electron chi connectivity index (χ2n) is 6.91. The lowest BCUT2D eigenvalue weighted by Crippen LogP contribution is -2.51. The molecule has 1 atom stereocenters. The summed E-state index contributed by atoms with van der Waals surface area (Å²) in [6, 6.07) is 1.81. The van der Waals surface area contributed by atoms with Crippen LogP contribution in [0.25, 0.3) is 0 Å². The van der Waals surface area contributed by atoms with Crippen molar-refractivity contribution in [3.8, 4) is 0 Å². The average molecular weight is 294 g/mol. The topological polar surface area (TPSA) is 56.9 Å². The predicted molar refractivity (Wildman–Crippen MR) is 81.3 cm³/mol. The van der Waals surface area contributed by atoms with Gasteiger partial charge in [0.1, 0.15) is 0 Å². The van der Waals surface area contributed by atoms with Crippen molar-refractivity contribution in [3.05, 3.63) is 23.7 Å². The maximum absolute atomic E-state index is 12.3. The van der Waals surface area contributed by atoms with Gasteiger partial charge in [-0.25, -0.2) is 0 Å². The van der Waals surface area contributed by atoms with Gasteiger partial charge in [-0.2, -0.15) is 0 Å². The standard InChI is InChI=1S/C16H26N2O3/c1-12-5-10-21-14(12)15(20)18-8-6-17(7-9-18)11-13(19)16(2,3)4/h5,10,13,19H,6-9,11H2,1-4H3. The molecule has 0 spiro atoms. The van der Waals surface area contributed by atoms with E-state index < -0.39 is 0 Å². The molecule has 5 nitrogen and oxygen atoms in total. The van der Waals surface area contributed by atoms with Gasteiger partial charge in [0.2, 0.25) is 0 Å². The highest BCUT2D eigenvalue weighted by atomic mass is 16.3. The van der Waals surface area contributed by atoms with Crippen molar-refractivity contribution in [2.45, 2.75) is 33.8 Å². The van der Waals surface area contributed by atoms with Crippen LogP contribution in [0.2, 0.25) is 0 Å². The number of furan rings is 1. The molecule has 1 N–H and O–H groups in total. The second-order valence-corrected chi connectivity index (χ2v) is 6.91. The third-order valence-electron chi connectivity index (χ3n) is 4.15. The number of carbonyl (C=O) groups excluding carboxylic acids is 1. The van der Waals surface area contributed by atoms with Crippen LogP contribution in [0.3, 0.4) is 0 Å². The number of nitrogens with zero attached hydrogens (tertiary/aromatic N) is 2. The molecule has 118 valence electrons. The summed E-state index contributed by atoms with van der Waals surface area (Å²) in [5.74, 6) is 0.409. The molecule has 2 rings (SSSR count). The zero-order valence-electron chi connectivity index (χ0n) is 13.4. The Morgan fingerprint density at radius 2 is 1.95 bits per heavy atom. The van der Waals surface area contributed by atoms with Crippen LogP contribution in [0.4, 0.5) is 0 Å². The zero-order valence-corrected chi connectivity index (χ0v) is 13.4. The number of amides is 1. The van der Waals surface area contributed by atoms with E-state index in [2.05, 4.69) is 4.90 Å². The Morgan fingerprint density at radius 3 is 2.43 bits per heavy atom. The fraction of sp³-hybridized carbons (Fsp3) is 0.688. The van der Waals surface area contributed by atoms with Crippen LogP contribution >= 0.6 is 0 Å². The molecule has 0 bridgehead atoms. The van der Waals surface area contributed by atoms with Crippen LogP contribution in [0.1, 0.15) is 36.9 Å². The molecule has 1 saturated heterocycles. The van der Waals surface area contributed by atoms with Crippen LogP contribution in [0.15, 0.2) is 16.7 Å². The van der Waals surface area contributed by atoms with Crippen LogP contribution in [-0.4, -0.2) is 59.6 Å². The van der Waals surface area contributed by atoms with Gasteiger partial charge in [0.15, 0.2) is 5.76 Å². The number of piperazine rings is 1. The number of carbonyl (C=O) groups is 1. The first kappa shape index (κ1) is 16.0. The number of hydrogen-bond acceptors (Lipinski definition) is 4. The van der Waals surface area contributed by atoms with Gasteiger partial charge in [-0.15, -0.1) is 0 Å². The van der Waals surface area contributed by atoms with E-state index in [0.29, 0.717) is 25.4 Å². The van der Waals surface area contributed by atoms with E-state index in [1.807, 2.05) is 38.7 Å². The number of aryl methyl sites for hydroxylation is 1. The van der Waals surface area contributed by atoms with Crippen LogP contribution in [0.5, 0.6) is 0 Å². The van der Waals surface area contributed by atoms with Gasteiger partial charge in [0.25, 0.3) is 5.91 Å². The first-order valence-corrected chi connectivity index (χ1v) is 7.53. The number of rotatable bonds is 3. The van der Waals surface area contributed by atoms with Crippen molar-refractivity contribution in [1.82, 2.24) is 9.80 Å². The lowest BCUT2D eigenvalue weighted by molar-refractivity contribution is 0.0131. The molecule has 0 aliphatic carbocycles. The van der Waals surface area contributed by atoms with E-state index in [4.69, 9.17) is 4.42 Å². The van der Waals surface area contributed by atoms with Crippen molar-refractivity contribution in [2.75, 3.05) is 32.7 Å². The Kier molecular flexibility index (Phi) is 4.74. The maximum Gasteiger partial charge on any atom is 0.289 e. The number of aliphatic hydroxyl groups excluding tert-OH is 1. The van der Waals surface area contributed by atoms with Crippen LogP contribution < -0.4 is 0 Å². The van der Waals surface area contributed by atoms with E-state index in [9.17, 15) is 9.90 Å². The maximum atomic E-state index is 12.3. The zero-order chi connectivity index (χ0) is 15.6. The number of β-amino-alcohol motifs (C(OH)–C–C–N with tert-alkyl or cyclic N) is 1. The fourth-order valence-corrected chi connectivity index (χ4v) is 2.39. The van der Waals surface area contributed by atoms with Crippen molar-refractivity contribution in [2.24, 2.45) is 5.41 Å². The summed E-state index contributed by atoms with van der Waals surface area (Å²) in [4.78, 5) is 16.4. The van der Waals surface area contributed by atoms with Gasteiger partial charge in [-0.3, -0.25) is 9.69 Å². The summed E-state index contributed by atoms with van der Waals surface area (Å²) >= 11 is 0. The van der Waals surface area contributed by atoms with Gasteiger partial charge in [0, 0.05) is 38.3 Å². The summed E-state index contributed by atoms with van der Waals surface area (Å²) in [7, 11) is 0. The van der Waals surface area contributed by atoms with Crippen molar-refractivity contribution in [1.29, 1.82) is 0 Å². The highest BCUT2D eigenvalue weighted by Crippen LogP contribution is 2.21. The first-order chi connectivity index (χ1) is 9.79. The Balaban J connectivity index is 1.86. The second kappa shape index (κ2) is 6.20. The van der Waals surface area contributed by atoms with E-state index in [0.717, 1.165) is 18.7 Å². The van der Waals surface area contributed by atoms with Crippen LogP contribution in [-0.2, 0) is 0 Å². The van der Waals surface area contributed by atoms with Gasteiger partial charge < -0.3 is 14.4 Å². The molecule has 1 amide bonds.